The molecule has 0 aliphatic carbocycles. The van der Waals surface area contributed by atoms with Gasteiger partial charge in [-0.3, -0.25) is 0 Å². The number of carbonyl (C=O) groups excluding carboxylic acids is 1. The molecule has 0 aromatic carbocycles. The zero-order chi connectivity index (χ0) is 7.40. The fourth-order valence-electron chi connectivity index (χ4n) is 0.629. The summed E-state index contributed by atoms with van der Waals surface area (Å²) in [7, 11) is 0. The Hall–Kier alpha value is -0.630. The lowest BCUT2D eigenvalue weighted by Gasteiger charge is -1.85. The Morgan fingerprint density at radius 1 is 1.89 bits per heavy atom. The molecule has 0 saturated heterocycles. The first-order chi connectivity index (χ1) is 4.79. The van der Waals surface area contributed by atoms with Crippen LogP contribution in [0.15, 0.2) is 17.5 Å². The fourth-order valence-corrected chi connectivity index (χ4v) is 1.34. The fraction of sp³-hybridized carbons (Fsp3) is 0.286. The van der Waals surface area contributed by atoms with E-state index in [1.54, 1.807) is 11.3 Å². The molecule has 1 rings (SSSR count). The molecule has 0 fully saturated rings. The molecule has 0 spiro atoms. The van der Waals surface area contributed by atoms with Crippen molar-refractivity contribution in [1.82, 2.24) is 0 Å². The Kier molecular flexibility index (Phi) is 1.96. The highest BCUT2D eigenvalue weighted by molar-refractivity contribution is 7.09. The molecular weight excluding hydrogens is 132 g/mol. The van der Waals surface area contributed by atoms with Gasteiger partial charge in [0.15, 0.2) is 0 Å². The maximum absolute atomic E-state index is 10.2. The molecule has 1 aromatic heterocycles. The summed E-state index contributed by atoms with van der Waals surface area (Å²) in [4.78, 5) is 11.4. The summed E-state index contributed by atoms with van der Waals surface area (Å²) < 4.78 is 6.65. The average molecular weight is 141 g/mol. The first-order valence-electron chi connectivity index (χ1n) is 3.31. The number of hydrogen-bond donors (Lipinski definition) is 0. The molecule has 0 amide bonds. The zero-order valence-corrected chi connectivity index (χ0v) is 5.78. The SMILES string of the molecule is [2H]C(=O)CCc1cccs1. The predicted octanol–water partition coefficient (Wildman–Crippen LogP) is 1.88. The van der Waals surface area contributed by atoms with Crippen molar-refractivity contribution in [3.8, 4) is 0 Å². The second-order valence-corrected chi connectivity index (χ2v) is 2.76. The smallest absolute Gasteiger partial charge is 0.120 e. The molecule has 0 aliphatic heterocycles. The number of rotatable bonds is 3. The van der Waals surface area contributed by atoms with Crippen LogP contribution in [0.5, 0.6) is 0 Å². The van der Waals surface area contributed by atoms with Crippen LogP contribution in [0.2, 0.25) is 0 Å². The van der Waals surface area contributed by atoms with Crippen LogP contribution < -0.4 is 0 Å². The van der Waals surface area contributed by atoms with Gasteiger partial charge in [-0.15, -0.1) is 11.3 Å². The lowest BCUT2D eigenvalue weighted by molar-refractivity contribution is -0.107. The highest BCUT2D eigenvalue weighted by Gasteiger charge is 1.89. The van der Waals surface area contributed by atoms with Gasteiger partial charge in [0.2, 0.25) is 0 Å². The first-order valence-corrected chi connectivity index (χ1v) is 3.69. The Balaban J connectivity index is 2.35. The molecule has 0 atom stereocenters. The Morgan fingerprint density at radius 2 is 2.78 bits per heavy atom. The van der Waals surface area contributed by atoms with Crippen LogP contribution in [0.4, 0.5) is 0 Å². The van der Waals surface area contributed by atoms with Crippen molar-refractivity contribution >= 4 is 17.6 Å². The maximum atomic E-state index is 10.2. The topological polar surface area (TPSA) is 17.1 Å². The maximum Gasteiger partial charge on any atom is 0.120 e. The molecule has 0 saturated carbocycles. The van der Waals surface area contributed by atoms with Crippen LogP contribution in [0.1, 0.15) is 12.7 Å². The van der Waals surface area contributed by atoms with Gasteiger partial charge in [-0.05, 0) is 17.9 Å². The van der Waals surface area contributed by atoms with Gasteiger partial charge in [-0.2, -0.15) is 0 Å². The van der Waals surface area contributed by atoms with Crippen LogP contribution in [-0.2, 0) is 11.2 Å². The largest absolute Gasteiger partial charge is 0.303 e. The quantitative estimate of drug-likeness (QED) is 0.587. The van der Waals surface area contributed by atoms with E-state index in [0.29, 0.717) is 6.42 Å². The monoisotopic (exact) mass is 141 g/mol. The van der Waals surface area contributed by atoms with Crippen molar-refractivity contribution in [2.24, 2.45) is 0 Å². The van der Waals surface area contributed by atoms with Gasteiger partial charge in [-0.1, -0.05) is 6.07 Å². The predicted molar refractivity (Wildman–Crippen MR) is 38.7 cm³/mol. The summed E-state index contributed by atoms with van der Waals surface area (Å²) in [6.45, 7) is 0. The van der Waals surface area contributed by atoms with E-state index >= 15 is 0 Å². The summed E-state index contributed by atoms with van der Waals surface area (Å²) in [6, 6.07) is 3.93. The molecular formula is C7H8OS. The summed E-state index contributed by atoms with van der Waals surface area (Å²) in [5.41, 5.74) is 0. The van der Waals surface area contributed by atoms with Gasteiger partial charge in [0.05, 0.1) is 0 Å². The van der Waals surface area contributed by atoms with E-state index < -0.39 is 6.26 Å². The minimum Gasteiger partial charge on any atom is -0.303 e. The summed E-state index contributed by atoms with van der Waals surface area (Å²) >= 11 is 1.63. The van der Waals surface area contributed by atoms with Crippen molar-refractivity contribution < 1.29 is 6.17 Å². The molecule has 1 aromatic rings. The zero-order valence-electron chi connectivity index (χ0n) is 5.96. The van der Waals surface area contributed by atoms with E-state index in [1.165, 1.54) is 4.88 Å². The van der Waals surface area contributed by atoms with Gasteiger partial charge in [0.25, 0.3) is 0 Å². The van der Waals surface area contributed by atoms with Crippen molar-refractivity contribution in [2.45, 2.75) is 12.8 Å². The van der Waals surface area contributed by atoms with Gasteiger partial charge >= 0.3 is 0 Å². The summed E-state index contributed by atoms with van der Waals surface area (Å²) in [6.07, 6.45) is 0.592. The number of aryl methyl sites for hydroxylation is 1. The Morgan fingerprint density at radius 3 is 3.33 bits per heavy atom. The number of hydrogen-bond acceptors (Lipinski definition) is 2. The third-order valence-corrected chi connectivity index (χ3v) is 1.99. The molecule has 0 bridgehead atoms. The Bertz CT molecular complexity index is 205. The van der Waals surface area contributed by atoms with Crippen molar-refractivity contribution in [3.05, 3.63) is 22.4 Å². The van der Waals surface area contributed by atoms with Crippen LogP contribution in [-0.4, -0.2) is 6.26 Å². The van der Waals surface area contributed by atoms with Crippen molar-refractivity contribution in [1.29, 1.82) is 0 Å². The second-order valence-electron chi connectivity index (χ2n) is 1.72. The standard InChI is InChI=1S/C7H8OS/c8-5-1-3-7-4-2-6-9-7/h2,4-6H,1,3H2/i5D. The summed E-state index contributed by atoms with van der Waals surface area (Å²) in [5.74, 6) is 0. The molecule has 9 heavy (non-hydrogen) atoms. The van der Waals surface area contributed by atoms with Gasteiger partial charge in [0, 0.05) is 11.3 Å². The van der Waals surface area contributed by atoms with E-state index in [9.17, 15) is 4.79 Å². The third kappa shape index (κ3) is 1.98. The minimum atomic E-state index is -0.478. The van der Waals surface area contributed by atoms with Gasteiger partial charge in [-0.25, -0.2) is 0 Å². The molecule has 0 unspecified atom stereocenters. The molecule has 0 radical (unpaired) electrons. The van der Waals surface area contributed by atoms with E-state index in [1.807, 2.05) is 17.5 Å². The molecule has 48 valence electrons. The molecule has 1 nitrogen and oxygen atoms in total. The van der Waals surface area contributed by atoms with Gasteiger partial charge < -0.3 is 4.79 Å². The molecule has 1 heterocycles. The molecule has 0 N–H and O–H groups in total. The number of carbonyl (C=O) groups is 1. The molecule has 0 aliphatic rings. The second kappa shape index (κ2) is 3.41. The minimum absolute atomic E-state index is 0.348. The highest BCUT2D eigenvalue weighted by Crippen LogP contribution is 2.09. The van der Waals surface area contributed by atoms with Crippen LogP contribution in [0.25, 0.3) is 0 Å². The number of aldehydes is 1. The van der Waals surface area contributed by atoms with E-state index in [-0.39, 0.29) is 0 Å². The van der Waals surface area contributed by atoms with Crippen molar-refractivity contribution in [3.63, 3.8) is 0 Å². The average Bonchev–Trinajstić information content (AvgIpc) is 2.34. The van der Waals surface area contributed by atoms with Crippen LogP contribution >= 0.6 is 11.3 Å². The Labute approximate surface area is 59.7 Å². The normalized spacial score (nSPS) is 10.9. The first kappa shape index (κ1) is 5.18. The van der Waals surface area contributed by atoms with E-state index in [2.05, 4.69) is 0 Å². The number of thiophene rings is 1. The van der Waals surface area contributed by atoms with Crippen molar-refractivity contribution in [2.75, 3.05) is 0 Å². The highest BCUT2D eigenvalue weighted by atomic mass is 32.1. The van der Waals surface area contributed by atoms with Crippen LogP contribution in [0, 0.1) is 0 Å². The van der Waals surface area contributed by atoms with Gasteiger partial charge in [0.1, 0.15) is 7.63 Å². The lowest BCUT2D eigenvalue weighted by atomic mass is 10.3. The summed E-state index contributed by atoms with van der Waals surface area (Å²) in [5, 5.41) is 1.98. The van der Waals surface area contributed by atoms with Crippen LogP contribution in [0.3, 0.4) is 0 Å². The third-order valence-electron chi connectivity index (χ3n) is 1.05. The lowest BCUT2D eigenvalue weighted by Crippen LogP contribution is -1.78. The molecule has 2 heteroatoms. The van der Waals surface area contributed by atoms with E-state index in [4.69, 9.17) is 1.37 Å². The van der Waals surface area contributed by atoms with E-state index in [0.717, 1.165) is 6.42 Å².